The minimum atomic E-state index is -2.47. The number of hydrogen-bond acceptors (Lipinski definition) is 7. The molecule has 3 aliphatic rings. The van der Waals surface area contributed by atoms with Gasteiger partial charge in [-0.25, -0.2) is 0 Å². The second-order valence-electron chi connectivity index (χ2n) is 13.0. The van der Waals surface area contributed by atoms with Gasteiger partial charge in [0.15, 0.2) is 5.60 Å². The molecular formula is C34H45N3O7Si. The maximum absolute atomic E-state index is 14.6. The molecule has 3 amide bonds. The fourth-order valence-electron chi connectivity index (χ4n) is 7.79. The van der Waals surface area contributed by atoms with Crippen LogP contribution in [0.15, 0.2) is 55.1 Å². The number of carbonyl (C=O) groups excluding carboxylic acids is 3. The zero-order valence-corrected chi connectivity index (χ0v) is 27.8. The van der Waals surface area contributed by atoms with E-state index in [1.165, 1.54) is 6.92 Å². The Labute approximate surface area is 266 Å². The number of rotatable bonds is 10. The van der Waals surface area contributed by atoms with Gasteiger partial charge in [0.25, 0.3) is 11.8 Å². The van der Waals surface area contributed by atoms with Crippen molar-refractivity contribution in [3.05, 3.63) is 60.7 Å². The van der Waals surface area contributed by atoms with Gasteiger partial charge in [-0.05, 0) is 55.6 Å². The van der Waals surface area contributed by atoms with Gasteiger partial charge in [-0.1, -0.05) is 43.4 Å². The number of ether oxygens (including phenoxy) is 2. The molecule has 0 bridgehead atoms. The molecule has 0 radical (unpaired) electrons. The van der Waals surface area contributed by atoms with Crippen molar-refractivity contribution in [2.45, 2.75) is 75.6 Å². The van der Waals surface area contributed by atoms with Crippen LogP contribution in [-0.2, 0) is 24.7 Å². The highest BCUT2D eigenvalue weighted by Gasteiger charge is 2.66. The van der Waals surface area contributed by atoms with E-state index >= 15 is 0 Å². The number of nitrogens with zero attached hydrogens (tertiary/aromatic N) is 2. The smallest absolute Gasteiger partial charge is 0.264 e. The first-order chi connectivity index (χ1) is 21.4. The second kappa shape index (κ2) is 12.7. The van der Waals surface area contributed by atoms with E-state index in [1.54, 1.807) is 41.2 Å². The molecule has 0 aliphatic carbocycles. The number of benzene rings is 2. The van der Waals surface area contributed by atoms with E-state index < -0.39 is 31.8 Å². The van der Waals surface area contributed by atoms with Crippen LogP contribution in [-0.4, -0.2) is 86.0 Å². The van der Waals surface area contributed by atoms with Crippen molar-refractivity contribution in [3.8, 4) is 5.75 Å². The average Bonchev–Trinajstić information content (AvgIpc) is 3.68. The number of methoxy groups -OCH3 is 1. The molecule has 11 heteroatoms. The summed E-state index contributed by atoms with van der Waals surface area (Å²) in [6.45, 7) is 12.6. The molecule has 3 aliphatic heterocycles. The molecule has 10 nitrogen and oxygen atoms in total. The molecule has 45 heavy (non-hydrogen) atoms. The number of nitrogens with one attached hydrogen (secondary N) is 1. The van der Waals surface area contributed by atoms with E-state index in [1.807, 2.05) is 19.1 Å². The van der Waals surface area contributed by atoms with Crippen molar-refractivity contribution >= 4 is 42.4 Å². The maximum atomic E-state index is 14.6. The molecule has 2 fully saturated rings. The summed E-state index contributed by atoms with van der Waals surface area (Å²) >= 11 is 0. The summed E-state index contributed by atoms with van der Waals surface area (Å²) < 4.78 is 12.4. The highest BCUT2D eigenvalue weighted by molar-refractivity contribution is 6.91. The number of aliphatic hydroxyl groups excluding tert-OH is 2. The van der Waals surface area contributed by atoms with Crippen molar-refractivity contribution < 1.29 is 34.1 Å². The Bertz CT molecular complexity index is 1460. The molecule has 0 aromatic heterocycles. The molecule has 2 saturated heterocycles. The third-order valence-corrected chi connectivity index (χ3v) is 14.4. The molecule has 1 spiro atoms. The lowest BCUT2D eigenvalue weighted by Crippen LogP contribution is -2.52. The first-order valence-corrected chi connectivity index (χ1v) is 18.8. The Morgan fingerprint density at radius 3 is 2.58 bits per heavy atom. The molecule has 3 N–H and O–H groups in total. The van der Waals surface area contributed by atoms with E-state index in [9.17, 15) is 24.6 Å². The van der Waals surface area contributed by atoms with Gasteiger partial charge in [0.05, 0.1) is 46.0 Å². The fraction of sp³-hybridized carbons (Fsp3) is 0.500. The molecule has 0 saturated carbocycles. The Morgan fingerprint density at radius 2 is 1.96 bits per heavy atom. The van der Waals surface area contributed by atoms with Crippen LogP contribution in [0.2, 0.25) is 18.6 Å². The van der Waals surface area contributed by atoms with Gasteiger partial charge in [0, 0.05) is 30.3 Å². The summed E-state index contributed by atoms with van der Waals surface area (Å²) in [4.78, 5) is 44.3. The van der Waals surface area contributed by atoms with Crippen molar-refractivity contribution in [1.82, 2.24) is 4.90 Å². The number of likely N-dealkylation sites (tertiary alicyclic amines) is 1. The Balaban J connectivity index is 1.62. The standard InChI is InChI=1S/C34H45N3O7Si/c1-7-16-37-28-15-10-23(35-32(41)22(3)39)18-27(28)34(33(37)42)21(2)31(45(5,6)26-13-11-25(43-4)12-14-26)29(44-34)19-30(40)36-17-8-9-24(36)20-38/h7,10-15,18,21-22,24,29,31,38-39H,1,8-9,16-17,19-20H2,2-6H3,(H,35,41)/t21-,22+,24+,29+,31-,34+/m1/s1. The van der Waals surface area contributed by atoms with Gasteiger partial charge in [-0.15, -0.1) is 6.58 Å². The lowest BCUT2D eigenvalue weighted by Gasteiger charge is -2.37. The zero-order valence-electron chi connectivity index (χ0n) is 26.8. The minimum absolute atomic E-state index is 0.0857. The zero-order chi connectivity index (χ0) is 32.7. The molecule has 2 aromatic rings. The molecule has 3 heterocycles. The number of aliphatic hydroxyl groups is 2. The Kier molecular flexibility index (Phi) is 9.28. The molecule has 6 atom stereocenters. The summed E-state index contributed by atoms with van der Waals surface area (Å²) in [5.41, 5.74) is 0.169. The van der Waals surface area contributed by atoms with Gasteiger partial charge in [0.1, 0.15) is 11.9 Å². The van der Waals surface area contributed by atoms with Crippen LogP contribution in [0.4, 0.5) is 11.4 Å². The fourth-order valence-corrected chi connectivity index (χ4v) is 11.8. The van der Waals surface area contributed by atoms with Crippen LogP contribution in [0.5, 0.6) is 5.75 Å². The molecule has 242 valence electrons. The molecule has 5 rings (SSSR count). The van der Waals surface area contributed by atoms with Crippen LogP contribution in [0.1, 0.15) is 38.7 Å². The summed E-state index contributed by atoms with van der Waals surface area (Å²) in [6.07, 6.45) is 1.56. The Morgan fingerprint density at radius 1 is 1.24 bits per heavy atom. The van der Waals surface area contributed by atoms with E-state index in [-0.39, 0.29) is 48.9 Å². The van der Waals surface area contributed by atoms with Crippen molar-refractivity contribution in [1.29, 1.82) is 0 Å². The van der Waals surface area contributed by atoms with Crippen LogP contribution >= 0.6 is 0 Å². The largest absolute Gasteiger partial charge is 0.497 e. The molecule has 0 unspecified atom stereocenters. The number of fused-ring (bicyclic) bond motifs is 2. The van der Waals surface area contributed by atoms with Crippen LogP contribution in [0.3, 0.4) is 0 Å². The molecule has 2 aromatic carbocycles. The van der Waals surface area contributed by atoms with E-state index in [4.69, 9.17) is 9.47 Å². The maximum Gasteiger partial charge on any atom is 0.264 e. The highest BCUT2D eigenvalue weighted by Crippen LogP contribution is 2.60. The summed E-state index contributed by atoms with van der Waals surface area (Å²) in [5.74, 6) is -0.460. The molecular weight excluding hydrogens is 590 g/mol. The predicted octanol–water partition coefficient (Wildman–Crippen LogP) is 3.14. The lowest BCUT2D eigenvalue weighted by atomic mass is 9.82. The van der Waals surface area contributed by atoms with Crippen LogP contribution in [0.25, 0.3) is 0 Å². The summed E-state index contributed by atoms with van der Waals surface area (Å²) in [6, 6.07) is 13.1. The van der Waals surface area contributed by atoms with Gasteiger partial charge in [-0.3, -0.25) is 14.4 Å². The van der Waals surface area contributed by atoms with Crippen LogP contribution in [0, 0.1) is 5.92 Å². The van der Waals surface area contributed by atoms with Gasteiger partial charge < -0.3 is 34.8 Å². The average molecular weight is 636 g/mol. The van der Waals surface area contributed by atoms with Crippen molar-refractivity contribution in [2.24, 2.45) is 5.92 Å². The number of hydrogen-bond donors (Lipinski definition) is 3. The normalized spacial score (nSPS) is 26.7. The minimum Gasteiger partial charge on any atom is -0.497 e. The number of amides is 3. The van der Waals surface area contributed by atoms with E-state index in [0.29, 0.717) is 23.5 Å². The van der Waals surface area contributed by atoms with Crippen LogP contribution < -0.4 is 20.1 Å². The van der Waals surface area contributed by atoms with Crippen molar-refractivity contribution in [2.75, 3.05) is 37.0 Å². The highest BCUT2D eigenvalue weighted by atomic mass is 28.3. The number of carbonyl (C=O) groups is 3. The van der Waals surface area contributed by atoms with Gasteiger partial charge in [0.2, 0.25) is 5.91 Å². The second-order valence-corrected chi connectivity index (χ2v) is 17.7. The SMILES string of the molecule is C=CCN1C(=O)[C@@]2(O[C@@H](CC(=O)N3CCC[C@H]3CO)[C@H]([Si](C)(C)c3ccc(OC)cc3)[C@H]2C)c2cc(NC(=O)[C@H](C)O)ccc21. The number of anilines is 2. The third kappa shape index (κ3) is 5.60. The lowest BCUT2D eigenvalue weighted by molar-refractivity contribution is -0.149. The van der Waals surface area contributed by atoms with E-state index in [2.05, 4.69) is 37.1 Å². The van der Waals surface area contributed by atoms with Gasteiger partial charge >= 0.3 is 0 Å². The first kappa shape index (κ1) is 32.9. The first-order valence-electron chi connectivity index (χ1n) is 15.7. The predicted molar refractivity (Wildman–Crippen MR) is 175 cm³/mol. The van der Waals surface area contributed by atoms with Crippen molar-refractivity contribution in [3.63, 3.8) is 0 Å². The summed E-state index contributed by atoms with van der Waals surface area (Å²) in [5, 5.41) is 23.7. The third-order valence-electron chi connectivity index (χ3n) is 10.1. The topological polar surface area (TPSA) is 129 Å². The Hall–Kier alpha value is -3.51. The summed E-state index contributed by atoms with van der Waals surface area (Å²) in [7, 11) is -0.845. The quantitative estimate of drug-likeness (QED) is 0.270. The van der Waals surface area contributed by atoms with Gasteiger partial charge in [-0.2, -0.15) is 0 Å². The van der Waals surface area contributed by atoms with E-state index in [0.717, 1.165) is 23.8 Å². The monoisotopic (exact) mass is 635 g/mol.